The maximum atomic E-state index is 9.54. The maximum absolute atomic E-state index is 9.54. The summed E-state index contributed by atoms with van der Waals surface area (Å²) in [5.41, 5.74) is 0.195. The number of ether oxygens (including phenoxy) is 1. The van der Waals surface area contributed by atoms with Crippen molar-refractivity contribution < 1.29 is 9.84 Å². The quantitative estimate of drug-likeness (QED) is 0.778. The minimum absolute atomic E-state index is 0.0155. The largest absolute Gasteiger partial charge is 0.394 e. The van der Waals surface area contributed by atoms with Crippen molar-refractivity contribution in [2.45, 2.75) is 31.4 Å². The van der Waals surface area contributed by atoms with Gasteiger partial charge in [0.15, 0.2) is 0 Å². The zero-order valence-electron chi connectivity index (χ0n) is 10.1. The molecule has 94 valence electrons. The Hall–Kier alpha value is -1.04. The predicted octanol–water partition coefficient (Wildman–Crippen LogP) is 0.453. The molecule has 2 atom stereocenters. The lowest BCUT2D eigenvalue weighted by Gasteiger charge is -2.29. The lowest BCUT2D eigenvalue weighted by molar-refractivity contribution is 0.0901. The average molecular weight is 237 g/mol. The Morgan fingerprint density at radius 2 is 2.47 bits per heavy atom. The minimum atomic E-state index is -0.555. The SMILES string of the molecule is CC(CO)(NCC1CCCO1)c1cnccn1. The fraction of sp³-hybridized carbons (Fsp3) is 0.667. The van der Waals surface area contributed by atoms with Crippen LogP contribution in [0.25, 0.3) is 0 Å². The van der Waals surface area contributed by atoms with Crippen LogP contribution in [0.15, 0.2) is 18.6 Å². The molecule has 0 saturated carbocycles. The van der Waals surface area contributed by atoms with Crippen LogP contribution in [0.3, 0.4) is 0 Å². The second-order valence-electron chi connectivity index (χ2n) is 4.60. The van der Waals surface area contributed by atoms with Gasteiger partial charge in [0.2, 0.25) is 0 Å². The summed E-state index contributed by atoms with van der Waals surface area (Å²) in [6.45, 7) is 3.48. The fourth-order valence-corrected chi connectivity index (χ4v) is 1.96. The van der Waals surface area contributed by atoms with Crippen LogP contribution in [0.2, 0.25) is 0 Å². The number of hydrogen-bond acceptors (Lipinski definition) is 5. The average Bonchev–Trinajstić information content (AvgIpc) is 2.90. The van der Waals surface area contributed by atoms with Crippen molar-refractivity contribution in [3.05, 3.63) is 24.3 Å². The second kappa shape index (κ2) is 5.53. The Morgan fingerprint density at radius 1 is 1.59 bits per heavy atom. The van der Waals surface area contributed by atoms with Gasteiger partial charge in [0.1, 0.15) is 0 Å². The van der Waals surface area contributed by atoms with E-state index < -0.39 is 5.54 Å². The van der Waals surface area contributed by atoms with Crippen LogP contribution in [0.1, 0.15) is 25.5 Å². The molecule has 2 unspecified atom stereocenters. The van der Waals surface area contributed by atoms with Crippen LogP contribution in [0.4, 0.5) is 0 Å². The molecular weight excluding hydrogens is 218 g/mol. The molecule has 1 saturated heterocycles. The van der Waals surface area contributed by atoms with Gasteiger partial charge >= 0.3 is 0 Å². The van der Waals surface area contributed by atoms with Crippen molar-refractivity contribution in [3.63, 3.8) is 0 Å². The molecule has 0 radical (unpaired) electrons. The van der Waals surface area contributed by atoms with E-state index in [1.165, 1.54) is 0 Å². The van der Waals surface area contributed by atoms with Crippen molar-refractivity contribution >= 4 is 0 Å². The molecule has 2 heterocycles. The van der Waals surface area contributed by atoms with Gasteiger partial charge in [-0.25, -0.2) is 0 Å². The molecule has 0 spiro atoms. The van der Waals surface area contributed by atoms with E-state index in [4.69, 9.17) is 4.74 Å². The summed E-state index contributed by atoms with van der Waals surface area (Å²) < 4.78 is 5.55. The molecule has 0 aliphatic carbocycles. The number of hydrogen-bond donors (Lipinski definition) is 2. The molecule has 0 aromatic carbocycles. The summed E-state index contributed by atoms with van der Waals surface area (Å²) in [6.07, 6.45) is 7.39. The third kappa shape index (κ3) is 3.00. The number of aliphatic hydroxyl groups excluding tert-OH is 1. The summed E-state index contributed by atoms with van der Waals surface area (Å²) in [4.78, 5) is 8.27. The summed E-state index contributed by atoms with van der Waals surface area (Å²) in [5.74, 6) is 0. The lowest BCUT2D eigenvalue weighted by atomic mass is 9.99. The van der Waals surface area contributed by atoms with Crippen LogP contribution < -0.4 is 5.32 Å². The van der Waals surface area contributed by atoms with Crippen LogP contribution in [0, 0.1) is 0 Å². The van der Waals surface area contributed by atoms with Crippen molar-refractivity contribution in [1.29, 1.82) is 0 Å². The van der Waals surface area contributed by atoms with Crippen LogP contribution >= 0.6 is 0 Å². The highest BCUT2D eigenvalue weighted by molar-refractivity contribution is 5.10. The molecule has 0 bridgehead atoms. The Morgan fingerprint density at radius 3 is 3.06 bits per heavy atom. The van der Waals surface area contributed by atoms with Gasteiger partial charge in [-0.3, -0.25) is 9.97 Å². The van der Waals surface area contributed by atoms with Gasteiger partial charge in [-0.1, -0.05) is 0 Å². The van der Waals surface area contributed by atoms with E-state index in [2.05, 4.69) is 15.3 Å². The van der Waals surface area contributed by atoms with E-state index in [1.54, 1.807) is 18.6 Å². The maximum Gasteiger partial charge on any atom is 0.0830 e. The zero-order valence-corrected chi connectivity index (χ0v) is 10.1. The molecule has 0 amide bonds. The number of aliphatic hydroxyl groups is 1. The number of nitrogens with zero attached hydrogens (tertiary/aromatic N) is 2. The first kappa shape index (κ1) is 12.4. The van der Waals surface area contributed by atoms with Gasteiger partial charge in [0.05, 0.1) is 30.1 Å². The van der Waals surface area contributed by atoms with E-state index in [9.17, 15) is 5.11 Å². The third-order valence-corrected chi connectivity index (χ3v) is 3.19. The van der Waals surface area contributed by atoms with E-state index >= 15 is 0 Å². The monoisotopic (exact) mass is 237 g/mol. The zero-order chi connectivity index (χ0) is 12.1. The molecule has 17 heavy (non-hydrogen) atoms. The number of aromatic nitrogens is 2. The third-order valence-electron chi connectivity index (χ3n) is 3.19. The van der Waals surface area contributed by atoms with Gasteiger partial charge in [-0.05, 0) is 19.8 Å². The van der Waals surface area contributed by atoms with Crippen molar-refractivity contribution in [1.82, 2.24) is 15.3 Å². The molecule has 2 rings (SSSR count). The summed E-state index contributed by atoms with van der Waals surface area (Å²) in [7, 11) is 0. The molecule has 2 N–H and O–H groups in total. The van der Waals surface area contributed by atoms with Crippen LogP contribution in [-0.2, 0) is 10.3 Å². The topological polar surface area (TPSA) is 67.3 Å². The van der Waals surface area contributed by atoms with Gasteiger partial charge in [-0.15, -0.1) is 0 Å². The Labute approximate surface area is 101 Å². The Bertz CT molecular complexity index is 341. The summed E-state index contributed by atoms with van der Waals surface area (Å²) in [5, 5.41) is 12.9. The second-order valence-corrected chi connectivity index (χ2v) is 4.60. The highest BCUT2D eigenvalue weighted by Gasteiger charge is 2.28. The smallest absolute Gasteiger partial charge is 0.0830 e. The Kier molecular flexibility index (Phi) is 4.04. The first-order valence-corrected chi connectivity index (χ1v) is 5.98. The van der Waals surface area contributed by atoms with Crippen molar-refractivity contribution in [2.24, 2.45) is 0 Å². The first-order chi connectivity index (χ1) is 8.24. The normalized spacial score (nSPS) is 23.5. The highest BCUT2D eigenvalue weighted by atomic mass is 16.5. The van der Waals surface area contributed by atoms with Gasteiger partial charge in [-0.2, -0.15) is 0 Å². The summed E-state index contributed by atoms with van der Waals surface area (Å²) in [6, 6.07) is 0. The molecule has 1 aliphatic rings. The van der Waals surface area contributed by atoms with Crippen LogP contribution in [-0.4, -0.2) is 40.9 Å². The van der Waals surface area contributed by atoms with E-state index in [-0.39, 0.29) is 12.7 Å². The molecule has 5 nitrogen and oxygen atoms in total. The molecule has 1 aromatic heterocycles. The van der Waals surface area contributed by atoms with Crippen molar-refractivity contribution in [3.8, 4) is 0 Å². The molecule has 5 heteroatoms. The molecule has 1 fully saturated rings. The van der Waals surface area contributed by atoms with Gasteiger partial charge in [0, 0.05) is 25.5 Å². The minimum Gasteiger partial charge on any atom is -0.394 e. The Balaban J connectivity index is 1.98. The molecular formula is C12H19N3O2. The van der Waals surface area contributed by atoms with Gasteiger partial charge < -0.3 is 15.2 Å². The summed E-state index contributed by atoms with van der Waals surface area (Å²) >= 11 is 0. The fourth-order valence-electron chi connectivity index (χ4n) is 1.96. The van der Waals surface area contributed by atoms with Gasteiger partial charge in [0.25, 0.3) is 0 Å². The van der Waals surface area contributed by atoms with Crippen LogP contribution in [0.5, 0.6) is 0 Å². The van der Waals surface area contributed by atoms with E-state index in [1.807, 2.05) is 6.92 Å². The highest BCUT2D eigenvalue weighted by Crippen LogP contribution is 2.18. The lowest BCUT2D eigenvalue weighted by Crippen LogP contribution is -2.46. The molecule has 1 aromatic rings. The van der Waals surface area contributed by atoms with E-state index in [0.29, 0.717) is 0 Å². The molecule has 1 aliphatic heterocycles. The van der Waals surface area contributed by atoms with Crippen molar-refractivity contribution in [2.75, 3.05) is 19.8 Å². The number of rotatable bonds is 5. The first-order valence-electron chi connectivity index (χ1n) is 5.98. The number of nitrogens with one attached hydrogen (secondary N) is 1. The van der Waals surface area contributed by atoms with E-state index in [0.717, 1.165) is 31.7 Å². The predicted molar refractivity (Wildman–Crippen MR) is 63.4 cm³/mol. The standard InChI is InChI=1S/C12H19N3O2/c1-12(9-16,11-8-13-4-5-14-11)15-7-10-3-2-6-17-10/h4-5,8,10,15-16H,2-3,6-7,9H2,1H3.